The normalized spacial score (nSPS) is 12.5. The lowest BCUT2D eigenvalue weighted by Gasteiger charge is -2.25. The zero-order valence-electron chi connectivity index (χ0n) is 12.2. The fraction of sp³-hybridized carbons (Fsp3) is 0.533. The molecule has 1 rings (SSSR count). The molecule has 1 unspecified atom stereocenters. The molecule has 106 valence electrons. The molecule has 4 nitrogen and oxygen atoms in total. The number of hydrogen-bond donors (Lipinski definition) is 1. The molecule has 0 aromatic heterocycles. The summed E-state index contributed by atoms with van der Waals surface area (Å²) in [5, 5.41) is 0. The van der Waals surface area contributed by atoms with Crippen molar-refractivity contribution in [3.05, 3.63) is 30.3 Å². The Labute approximate surface area is 116 Å². The molecule has 0 aliphatic heterocycles. The number of nitrogens with zero attached hydrogens (tertiary/aromatic N) is 2. The first kappa shape index (κ1) is 15.7. The Morgan fingerprint density at radius 1 is 1.21 bits per heavy atom. The van der Waals surface area contributed by atoms with Crippen LogP contribution in [0, 0.1) is 0 Å². The molecule has 0 heterocycles. The van der Waals surface area contributed by atoms with Gasteiger partial charge in [0.2, 0.25) is 5.91 Å². The van der Waals surface area contributed by atoms with Crippen LogP contribution in [-0.4, -0.2) is 44.0 Å². The van der Waals surface area contributed by atoms with Crippen molar-refractivity contribution in [1.82, 2.24) is 4.90 Å². The molecule has 1 aromatic carbocycles. The highest BCUT2D eigenvalue weighted by atomic mass is 16.2. The van der Waals surface area contributed by atoms with Gasteiger partial charge in [0.15, 0.2) is 0 Å². The lowest BCUT2D eigenvalue weighted by Crippen LogP contribution is -2.37. The number of para-hydroxylation sites is 1. The van der Waals surface area contributed by atoms with Crippen LogP contribution in [0.25, 0.3) is 0 Å². The summed E-state index contributed by atoms with van der Waals surface area (Å²) in [7, 11) is 4.02. The van der Waals surface area contributed by atoms with Crippen LogP contribution in [0.4, 0.5) is 5.69 Å². The largest absolute Gasteiger partial charge is 0.328 e. The highest BCUT2D eigenvalue weighted by Gasteiger charge is 2.15. The minimum absolute atomic E-state index is 0.0652. The van der Waals surface area contributed by atoms with Gasteiger partial charge < -0.3 is 15.5 Å². The number of benzene rings is 1. The van der Waals surface area contributed by atoms with E-state index in [0.717, 1.165) is 18.7 Å². The van der Waals surface area contributed by atoms with E-state index >= 15 is 0 Å². The number of rotatable bonds is 7. The van der Waals surface area contributed by atoms with E-state index in [9.17, 15) is 4.79 Å². The van der Waals surface area contributed by atoms with Crippen molar-refractivity contribution in [2.75, 3.05) is 32.1 Å². The summed E-state index contributed by atoms with van der Waals surface area (Å²) in [6.45, 7) is 3.48. The average Bonchev–Trinajstić information content (AvgIpc) is 2.37. The summed E-state index contributed by atoms with van der Waals surface area (Å²) < 4.78 is 0. The third kappa shape index (κ3) is 5.85. The summed E-state index contributed by atoms with van der Waals surface area (Å²) in [5.41, 5.74) is 6.68. The maximum absolute atomic E-state index is 12.3. The van der Waals surface area contributed by atoms with Gasteiger partial charge in [0, 0.05) is 31.2 Å². The molecular formula is C15H25N3O. The molecule has 0 radical (unpaired) electrons. The van der Waals surface area contributed by atoms with E-state index in [1.165, 1.54) is 0 Å². The molecule has 0 aliphatic rings. The molecule has 0 spiro atoms. The average molecular weight is 263 g/mol. The fourth-order valence-electron chi connectivity index (χ4n) is 1.79. The Kier molecular flexibility index (Phi) is 6.53. The van der Waals surface area contributed by atoms with Crippen LogP contribution < -0.4 is 10.6 Å². The van der Waals surface area contributed by atoms with Crippen molar-refractivity contribution >= 4 is 11.6 Å². The van der Waals surface area contributed by atoms with Crippen molar-refractivity contribution in [2.24, 2.45) is 5.73 Å². The van der Waals surface area contributed by atoms with Crippen LogP contribution in [0.2, 0.25) is 0 Å². The van der Waals surface area contributed by atoms with Gasteiger partial charge in [-0.2, -0.15) is 0 Å². The van der Waals surface area contributed by atoms with Crippen LogP contribution in [0.3, 0.4) is 0 Å². The SMILES string of the molecule is CC(N)CCC(=O)N(CCN(C)C)c1ccccc1. The van der Waals surface area contributed by atoms with Gasteiger partial charge >= 0.3 is 0 Å². The fourth-order valence-corrected chi connectivity index (χ4v) is 1.79. The second kappa shape index (κ2) is 7.92. The Bertz CT molecular complexity index is 376. The quantitative estimate of drug-likeness (QED) is 0.814. The summed E-state index contributed by atoms with van der Waals surface area (Å²) >= 11 is 0. The zero-order valence-corrected chi connectivity index (χ0v) is 12.2. The summed E-state index contributed by atoms with van der Waals surface area (Å²) in [5.74, 6) is 0.144. The number of likely N-dealkylation sites (N-methyl/N-ethyl adjacent to an activating group) is 1. The number of carbonyl (C=O) groups is 1. The molecule has 4 heteroatoms. The molecule has 0 aliphatic carbocycles. The lowest BCUT2D eigenvalue weighted by atomic mass is 10.1. The number of nitrogens with two attached hydrogens (primary N) is 1. The van der Waals surface area contributed by atoms with Crippen molar-refractivity contribution in [3.8, 4) is 0 Å². The van der Waals surface area contributed by atoms with Crippen LogP contribution >= 0.6 is 0 Å². The molecule has 1 amide bonds. The van der Waals surface area contributed by atoms with Gasteiger partial charge in [0.1, 0.15) is 0 Å². The maximum atomic E-state index is 12.3. The Balaban J connectivity index is 2.71. The standard InChI is InChI=1S/C15H25N3O/c1-13(16)9-10-15(19)18(12-11-17(2)3)14-7-5-4-6-8-14/h4-8,13H,9-12,16H2,1-3H3. The van der Waals surface area contributed by atoms with Crippen molar-refractivity contribution in [2.45, 2.75) is 25.8 Å². The first-order chi connectivity index (χ1) is 9.00. The van der Waals surface area contributed by atoms with E-state index < -0.39 is 0 Å². The smallest absolute Gasteiger partial charge is 0.227 e. The van der Waals surface area contributed by atoms with Crippen LogP contribution in [0.15, 0.2) is 30.3 Å². The zero-order chi connectivity index (χ0) is 14.3. The van der Waals surface area contributed by atoms with Gasteiger partial charge in [-0.3, -0.25) is 4.79 Å². The highest BCUT2D eigenvalue weighted by molar-refractivity contribution is 5.93. The third-order valence-electron chi connectivity index (χ3n) is 2.95. The second-order valence-electron chi connectivity index (χ2n) is 5.20. The number of anilines is 1. The van der Waals surface area contributed by atoms with Gasteiger partial charge in [0.25, 0.3) is 0 Å². The monoisotopic (exact) mass is 263 g/mol. The number of carbonyl (C=O) groups excluding carboxylic acids is 1. The molecule has 19 heavy (non-hydrogen) atoms. The second-order valence-corrected chi connectivity index (χ2v) is 5.20. The highest BCUT2D eigenvalue weighted by Crippen LogP contribution is 2.15. The van der Waals surface area contributed by atoms with Gasteiger partial charge in [0.05, 0.1) is 0 Å². The summed E-state index contributed by atoms with van der Waals surface area (Å²) in [4.78, 5) is 16.2. The predicted octanol–water partition coefficient (Wildman–Crippen LogP) is 1.71. The first-order valence-electron chi connectivity index (χ1n) is 6.76. The van der Waals surface area contributed by atoms with Gasteiger partial charge in [-0.05, 0) is 39.6 Å². The predicted molar refractivity (Wildman–Crippen MR) is 80.2 cm³/mol. The minimum Gasteiger partial charge on any atom is -0.328 e. The van der Waals surface area contributed by atoms with E-state index in [-0.39, 0.29) is 11.9 Å². The van der Waals surface area contributed by atoms with Crippen molar-refractivity contribution in [1.29, 1.82) is 0 Å². The lowest BCUT2D eigenvalue weighted by molar-refractivity contribution is -0.118. The molecule has 1 aromatic rings. The maximum Gasteiger partial charge on any atom is 0.227 e. The van der Waals surface area contributed by atoms with Gasteiger partial charge in [-0.1, -0.05) is 18.2 Å². The van der Waals surface area contributed by atoms with E-state index in [1.54, 1.807) is 0 Å². The van der Waals surface area contributed by atoms with Gasteiger partial charge in [-0.15, -0.1) is 0 Å². The minimum atomic E-state index is 0.0652. The molecule has 0 fully saturated rings. The Morgan fingerprint density at radius 3 is 2.37 bits per heavy atom. The number of hydrogen-bond acceptors (Lipinski definition) is 3. The van der Waals surface area contributed by atoms with Crippen molar-refractivity contribution < 1.29 is 4.79 Å². The van der Waals surface area contributed by atoms with E-state index in [0.29, 0.717) is 13.0 Å². The van der Waals surface area contributed by atoms with Crippen LogP contribution in [-0.2, 0) is 4.79 Å². The molecular weight excluding hydrogens is 238 g/mol. The van der Waals surface area contributed by atoms with Crippen LogP contribution in [0.5, 0.6) is 0 Å². The van der Waals surface area contributed by atoms with E-state index in [2.05, 4.69) is 4.90 Å². The molecule has 0 bridgehead atoms. The van der Waals surface area contributed by atoms with E-state index in [1.807, 2.05) is 56.3 Å². The molecule has 2 N–H and O–H groups in total. The van der Waals surface area contributed by atoms with E-state index in [4.69, 9.17) is 5.73 Å². The first-order valence-corrected chi connectivity index (χ1v) is 6.76. The summed E-state index contributed by atoms with van der Waals surface area (Å²) in [6, 6.07) is 9.88. The summed E-state index contributed by atoms with van der Waals surface area (Å²) in [6.07, 6.45) is 1.23. The van der Waals surface area contributed by atoms with Crippen molar-refractivity contribution in [3.63, 3.8) is 0 Å². The number of amides is 1. The van der Waals surface area contributed by atoms with Crippen LogP contribution in [0.1, 0.15) is 19.8 Å². The Morgan fingerprint density at radius 2 is 1.84 bits per heavy atom. The Hall–Kier alpha value is -1.39. The third-order valence-corrected chi connectivity index (χ3v) is 2.95. The molecule has 1 atom stereocenters. The molecule has 0 saturated carbocycles. The topological polar surface area (TPSA) is 49.6 Å². The van der Waals surface area contributed by atoms with Gasteiger partial charge in [-0.25, -0.2) is 0 Å². The molecule has 0 saturated heterocycles.